The number of carbonyl (C=O) groups excluding carboxylic acids is 1. The summed E-state index contributed by atoms with van der Waals surface area (Å²) in [6.07, 6.45) is -7.16. The lowest BCUT2D eigenvalue weighted by atomic mass is 10.1. The number of rotatable bonds is 6. The fraction of sp³-hybridized carbons (Fsp3) is 0.562. The van der Waals surface area contributed by atoms with E-state index in [1.165, 1.54) is 23.8 Å². The molecule has 7 heteroatoms. The predicted octanol–water partition coefficient (Wildman–Crippen LogP) is 2.20. The number of aliphatic hydroxyl groups excluding tert-OH is 1. The molecule has 4 nitrogen and oxygen atoms in total. The third-order valence-corrected chi connectivity index (χ3v) is 3.90. The lowest BCUT2D eigenvalue weighted by molar-refractivity contribution is -0.208. The molecule has 0 bridgehead atoms. The Hall–Kier alpha value is -1.60. The minimum absolute atomic E-state index is 0.301. The molecule has 0 aliphatic carbocycles. The molecule has 0 aliphatic heterocycles. The van der Waals surface area contributed by atoms with E-state index in [2.05, 4.69) is 0 Å². The Labute approximate surface area is 134 Å². The van der Waals surface area contributed by atoms with Crippen molar-refractivity contribution in [1.29, 1.82) is 0 Å². The fourth-order valence-corrected chi connectivity index (χ4v) is 2.16. The van der Waals surface area contributed by atoms with Gasteiger partial charge in [-0.1, -0.05) is 24.3 Å². The quantitative estimate of drug-likeness (QED) is 0.868. The molecule has 1 aromatic rings. The Morgan fingerprint density at radius 2 is 1.83 bits per heavy atom. The molecule has 1 aromatic carbocycles. The van der Waals surface area contributed by atoms with Gasteiger partial charge in [-0.15, -0.1) is 0 Å². The van der Waals surface area contributed by atoms with Crippen molar-refractivity contribution < 1.29 is 23.1 Å². The van der Waals surface area contributed by atoms with Crippen LogP contribution in [0.25, 0.3) is 0 Å². The summed E-state index contributed by atoms with van der Waals surface area (Å²) in [5.41, 5.74) is 2.02. The molecule has 1 N–H and O–H groups in total. The first kappa shape index (κ1) is 19.4. The van der Waals surface area contributed by atoms with Gasteiger partial charge in [0.15, 0.2) is 6.10 Å². The summed E-state index contributed by atoms with van der Waals surface area (Å²) < 4.78 is 37.2. The minimum Gasteiger partial charge on any atom is -0.382 e. The number of carbonyl (C=O) groups is 1. The van der Waals surface area contributed by atoms with E-state index in [1.54, 1.807) is 7.05 Å². The highest BCUT2D eigenvalue weighted by molar-refractivity contribution is 5.81. The van der Waals surface area contributed by atoms with Gasteiger partial charge in [0.1, 0.15) is 0 Å². The minimum atomic E-state index is -4.69. The normalized spacial score (nSPS) is 14.7. The standard InChI is InChI=1S/C16H23F3N2O2/c1-11-7-5-6-8-13(11)9-21(4)15(23)12(2)20(3)10-14(22)16(17,18)19/h5-8,12,14,22H,9-10H2,1-4H3. The zero-order valence-electron chi connectivity index (χ0n) is 13.8. The second-order valence-electron chi connectivity index (χ2n) is 5.79. The number of aryl methyl sites for hydroxylation is 1. The van der Waals surface area contributed by atoms with E-state index in [-0.39, 0.29) is 5.91 Å². The number of amides is 1. The number of nitrogens with zero attached hydrogens (tertiary/aromatic N) is 2. The van der Waals surface area contributed by atoms with Gasteiger partial charge in [-0.2, -0.15) is 13.2 Å². The topological polar surface area (TPSA) is 43.8 Å². The Morgan fingerprint density at radius 1 is 1.26 bits per heavy atom. The number of alkyl halides is 3. The Morgan fingerprint density at radius 3 is 2.35 bits per heavy atom. The molecule has 0 spiro atoms. The first-order valence-corrected chi connectivity index (χ1v) is 7.28. The molecule has 0 aromatic heterocycles. The van der Waals surface area contributed by atoms with Crippen LogP contribution in [0.15, 0.2) is 24.3 Å². The molecule has 0 heterocycles. The summed E-state index contributed by atoms with van der Waals surface area (Å²) in [4.78, 5) is 15.0. The van der Waals surface area contributed by atoms with Crippen LogP contribution in [0.4, 0.5) is 13.2 Å². The summed E-state index contributed by atoms with van der Waals surface area (Å²) in [5, 5.41) is 9.11. The van der Waals surface area contributed by atoms with Gasteiger partial charge in [0.2, 0.25) is 5.91 Å². The molecule has 0 saturated heterocycles. The van der Waals surface area contributed by atoms with Crippen molar-refractivity contribution in [2.75, 3.05) is 20.6 Å². The molecule has 23 heavy (non-hydrogen) atoms. The molecular formula is C16H23F3N2O2. The Balaban J connectivity index is 2.66. The number of benzene rings is 1. The summed E-state index contributed by atoms with van der Waals surface area (Å²) in [6, 6.07) is 6.84. The van der Waals surface area contributed by atoms with Crippen LogP contribution < -0.4 is 0 Å². The number of hydrogen-bond acceptors (Lipinski definition) is 3. The van der Waals surface area contributed by atoms with Gasteiger partial charge >= 0.3 is 6.18 Å². The molecule has 0 aliphatic rings. The summed E-state index contributed by atoms with van der Waals surface area (Å²) in [7, 11) is 3.00. The third-order valence-electron chi connectivity index (χ3n) is 3.90. The fourth-order valence-electron chi connectivity index (χ4n) is 2.16. The molecule has 1 rings (SSSR count). The molecular weight excluding hydrogens is 309 g/mol. The monoisotopic (exact) mass is 332 g/mol. The molecule has 1 amide bonds. The summed E-state index contributed by atoms with van der Waals surface area (Å²) in [6.45, 7) is 3.20. The van der Waals surface area contributed by atoms with Gasteiger partial charge < -0.3 is 10.0 Å². The molecule has 0 fully saturated rings. The van der Waals surface area contributed by atoms with Gasteiger partial charge in [0, 0.05) is 20.1 Å². The van der Waals surface area contributed by atoms with E-state index < -0.39 is 24.9 Å². The summed E-state index contributed by atoms with van der Waals surface area (Å²) >= 11 is 0. The van der Waals surface area contributed by atoms with E-state index >= 15 is 0 Å². The van der Waals surface area contributed by atoms with E-state index in [9.17, 15) is 18.0 Å². The van der Waals surface area contributed by atoms with E-state index in [0.717, 1.165) is 11.1 Å². The highest BCUT2D eigenvalue weighted by Gasteiger charge is 2.39. The third kappa shape index (κ3) is 5.51. The maximum atomic E-state index is 12.4. The van der Waals surface area contributed by atoms with Crippen molar-refractivity contribution in [1.82, 2.24) is 9.80 Å². The Kier molecular flexibility index (Phi) is 6.58. The predicted molar refractivity (Wildman–Crippen MR) is 81.8 cm³/mol. The van der Waals surface area contributed by atoms with Crippen molar-refractivity contribution in [2.45, 2.75) is 38.7 Å². The largest absolute Gasteiger partial charge is 0.415 e. The van der Waals surface area contributed by atoms with E-state index in [4.69, 9.17) is 5.11 Å². The van der Waals surface area contributed by atoms with Crippen molar-refractivity contribution >= 4 is 5.91 Å². The smallest absolute Gasteiger partial charge is 0.382 e. The molecule has 2 unspecified atom stereocenters. The van der Waals surface area contributed by atoms with Crippen LogP contribution in [-0.2, 0) is 11.3 Å². The van der Waals surface area contributed by atoms with Gasteiger partial charge in [-0.25, -0.2) is 0 Å². The first-order valence-electron chi connectivity index (χ1n) is 7.28. The molecule has 0 saturated carbocycles. The van der Waals surface area contributed by atoms with Crippen molar-refractivity contribution in [3.05, 3.63) is 35.4 Å². The highest BCUT2D eigenvalue weighted by atomic mass is 19.4. The maximum absolute atomic E-state index is 12.4. The van der Waals surface area contributed by atoms with Gasteiger partial charge in [0.25, 0.3) is 0 Å². The molecule has 130 valence electrons. The van der Waals surface area contributed by atoms with Crippen LogP contribution in [0.3, 0.4) is 0 Å². The number of aliphatic hydroxyl groups is 1. The second-order valence-corrected chi connectivity index (χ2v) is 5.79. The zero-order chi connectivity index (χ0) is 17.8. The van der Waals surface area contributed by atoms with Crippen LogP contribution in [0.2, 0.25) is 0 Å². The zero-order valence-corrected chi connectivity index (χ0v) is 13.8. The lowest BCUT2D eigenvalue weighted by Gasteiger charge is -2.30. The average molecular weight is 332 g/mol. The van der Waals surface area contributed by atoms with Gasteiger partial charge in [-0.05, 0) is 32.0 Å². The van der Waals surface area contributed by atoms with Crippen molar-refractivity contribution in [3.63, 3.8) is 0 Å². The van der Waals surface area contributed by atoms with Crippen LogP contribution >= 0.6 is 0 Å². The van der Waals surface area contributed by atoms with E-state index in [0.29, 0.717) is 6.54 Å². The van der Waals surface area contributed by atoms with Crippen LogP contribution in [-0.4, -0.2) is 59.8 Å². The van der Waals surface area contributed by atoms with Gasteiger partial charge in [-0.3, -0.25) is 9.69 Å². The summed E-state index contributed by atoms with van der Waals surface area (Å²) in [5.74, 6) is -0.301. The second kappa shape index (κ2) is 7.79. The number of hydrogen-bond donors (Lipinski definition) is 1. The van der Waals surface area contributed by atoms with Crippen molar-refractivity contribution in [2.24, 2.45) is 0 Å². The first-order chi connectivity index (χ1) is 10.5. The van der Waals surface area contributed by atoms with Crippen LogP contribution in [0, 0.1) is 6.92 Å². The van der Waals surface area contributed by atoms with Crippen LogP contribution in [0.5, 0.6) is 0 Å². The highest BCUT2D eigenvalue weighted by Crippen LogP contribution is 2.21. The molecule has 0 radical (unpaired) electrons. The lowest BCUT2D eigenvalue weighted by Crippen LogP contribution is -2.48. The van der Waals surface area contributed by atoms with Crippen LogP contribution in [0.1, 0.15) is 18.1 Å². The van der Waals surface area contributed by atoms with E-state index in [1.807, 2.05) is 31.2 Å². The maximum Gasteiger partial charge on any atom is 0.415 e. The Bertz CT molecular complexity index is 534. The number of halogens is 3. The van der Waals surface area contributed by atoms with Gasteiger partial charge in [0.05, 0.1) is 6.04 Å². The number of likely N-dealkylation sites (N-methyl/N-ethyl adjacent to an activating group) is 2. The average Bonchev–Trinajstić information content (AvgIpc) is 2.46. The molecule has 2 atom stereocenters. The SMILES string of the molecule is Cc1ccccc1CN(C)C(=O)C(C)N(C)CC(O)C(F)(F)F. The van der Waals surface area contributed by atoms with Crippen molar-refractivity contribution in [3.8, 4) is 0 Å².